The number of carbonyl (C=O) groups excluding carboxylic acids is 4. The Balaban J connectivity index is 0.000000456. The number of nitrogens with zero attached hydrogens (tertiary/aromatic N) is 15. The second-order valence-corrected chi connectivity index (χ2v) is 15.5. The number of anilines is 3. The third-order valence-corrected chi connectivity index (χ3v) is 7.07. The Bertz CT molecular complexity index is 2460. The predicted octanol–water partition coefficient (Wildman–Crippen LogP) is 2.18. The smallest absolute Gasteiger partial charge is 0.290 e. The van der Waals surface area contributed by atoms with Gasteiger partial charge in [-0.1, -0.05) is 38.1 Å². The van der Waals surface area contributed by atoms with E-state index in [1.54, 1.807) is 115 Å². The minimum Gasteiger partial charge on any atom is -0.384 e. The fourth-order valence-electron chi connectivity index (χ4n) is 4.24. The molecule has 4 amide bonds. The van der Waals surface area contributed by atoms with Gasteiger partial charge < -0.3 is 46.7 Å². The molecular weight excluding hydrogens is 901 g/mol. The molecule has 0 fully saturated rings. The van der Waals surface area contributed by atoms with E-state index in [-0.39, 0.29) is 28.9 Å². The van der Waals surface area contributed by atoms with E-state index in [1.807, 2.05) is 58.7 Å². The van der Waals surface area contributed by atoms with Gasteiger partial charge in [0.2, 0.25) is 6.41 Å². The third kappa shape index (κ3) is 26.3. The summed E-state index contributed by atoms with van der Waals surface area (Å²) in [5, 5.41) is 21.4. The minimum absolute atomic E-state index is 0.174. The lowest BCUT2D eigenvalue weighted by atomic mass is 10.3. The van der Waals surface area contributed by atoms with E-state index >= 15 is 0 Å². The van der Waals surface area contributed by atoms with Crippen LogP contribution in [0.1, 0.15) is 65.2 Å². The van der Waals surface area contributed by atoms with Gasteiger partial charge in [-0.2, -0.15) is 15.3 Å². The second-order valence-electron chi connectivity index (χ2n) is 15.5. The van der Waals surface area contributed by atoms with Crippen LogP contribution in [0.2, 0.25) is 0 Å². The normalized spacial score (nSPS) is 10.4. The van der Waals surface area contributed by atoms with Crippen LogP contribution in [0.4, 0.5) is 23.3 Å². The third-order valence-electron chi connectivity index (χ3n) is 7.07. The van der Waals surface area contributed by atoms with Crippen molar-refractivity contribution in [1.29, 1.82) is 0 Å². The summed E-state index contributed by atoms with van der Waals surface area (Å²) in [7, 11) is 14.5. The maximum Gasteiger partial charge on any atom is 0.290 e. The van der Waals surface area contributed by atoms with Crippen molar-refractivity contribution in [3.05, 3.63) is 96.2 Å². The van der Waals surface area contributed by atoms with Gasteiger partial charge in [-0.15, -0.1) is 10.2 Å². The Labute approximate surface area is 408 Å². The molecule has 0 saturated carbocycles. The number of hydrogen-bond donors (Lipinski definition) is 7. The van der Waals surface area contributed by atoms with Crippen molar-refractivity contribution in [2.75, 3.05) is 73.2 Å². The Morgan fingerprint density at radius 3 is 1.47 bits per heavy atom. The summed E-state index contributed by atoms with van der Waals surface area (Å²) < 4.78 is 1.96. The van der Waals surface area contributed by atoms with Crippen LogP contribution in [0.3, 0.4) is 0 Å². The summed E-state index contributed by atoms with van der Waals surface area (Å²) in [4.78, 5) is 72.0. The molecule has 0 atom stereocenters. The lowest BCUT2D eigenvalue weighted by molar-refractivity contribution is -0.105. The molecule has 70 heavy (non-hydrogen) atoms. The summed E-state index contributed by atoms with van der Waals surface area (Å²) in [5.41, 5.74) is 24.6. The van der Waals surface area contributed by atoms with E-state index in [0.717, 1.165) is 11.5 Å². The van der Waals surface area contributed by atoms with Gasteiger partial charge >= 0.3 is 0 Å². The molecule has 0 aliphatic carbocycles. The van der Waals surface area contributed by atoms with Crippen molar-refractivity contribution in [3.63, 3.8) is 0 Å². The van der Waals surface area contributed by atoms with Gasteiger partial charge in [0.1, 0.15) is 65.6 Å². The molecule has 26 heteroatoms. The van der Waals surface area contributed by atoms with Crippen molar-refractivity contribution in [2.45, 2.75) is 39.8 Å². The van der Waals surface area contributed by atoms with Gasteiger partial charge in [0.25, 0.3) is 17.7 Å². The number of aromatic nitrogens is 7. The van der Waals surface area contributed by atoms with Crippen LogP contribution >= 0.6 is 0 Å². The molecule has 5 aromatic rings. The minimum atomic E-state index is -0.447. The van der Waals surface area contributed by atoms with Crippen LogP contribution in [0.5, 0.6) is 0 Å². The van der Waals surface area contributed by atoms with Crippen molar-refractivity contribution < 1.29 is 19.2 Å². The SMILES string of the molecule is CC(C)N.CC(C)n1cnnc1-c1cccc(N)n1.CN(C)/C=N/NC(=O)c1cccc(N)n1.CN(C)/C=N/NC(=O)c1cccc(NC=O)n1.CN(C)C=Nc1cccc(C(=O)N/N=C/N(C)C)n1. The number of carbonyl (C=O) groups is 4. The first-order valence-electron chi connectivity index (χ1n) is 21.1. The predicted molar refractivity (Wildman–Crippen MR) is 275 cm³/mol. The number of hydrogen-bond acceptors (Lipinski definition) is 17. The number of rotatable bonds is 15. The maximum atomic E-state index is 11.7. The molecule has 0 radical (unpaired) electrons. The molecule has 0 saturated heterocycles. The Morgan fingerprint density at radius 1 is 0.600 bits per heavy atom. The van der Waals surface area contributed by atoms with Crippen LogP contribution in [-0.2, 0) is 4.79 Å². The summed E-state index contributed by atoms with van der Waals surface area (Å²) in [6, 6.07) is 20.7. The lowest BCUT2D eigenvalue weighted by Gasteiger charge is -2.09. The molecule has 5 rings (SSSR count). The zero-order valence-electron chi connectivity index (χ0n) is 41.6. The number of nitrogens with two attached hydrogens (primary N) is 3. The summed E-state index contributed by atoms with van der Waals surface area (Å²) in [5.74, 6) is 1.11. The molecule has 0 spiro atoms. The number of amides is 4. The first-order valence-corrected chi connectivity index (χ1v) is 21.1. The Hall–Kier alpha value is -8.94. The average Bonchev–Trinajstić information content (AvgIpc) is 3.80. The van der Waals surface area contributed by atoms with E-state index < -0.39 is 5.91 Å². The van der Waals surface area contributed by atoms with E-state index in [2.05, 4.69) is 85.9 Å². The molecule has 0 aromatic carbocycles. The standard InChI is InChI=1S/C12H18N6O.C10H13N5O2.C10H13N5.C9H13N5O.C3H9N/c1-17(2)8-13-11-7-5-6-10(15-11)12(19)16-14-9-18(3)4;1-15(2)6-12-14-10(17)8-4-3-5-9(13-8)11-7-16;1-7(2)15-6-12-14-10(15)8-4-3-5-9(11)13-8;1-14(2)6-11-13-9(15)7-4-3-5-8(10)12-7;1-3(2)4/h5-9H,1-4H3,(H,16,19);3-7H,1-2H3,(H,14,17)(H,11,13,16);3-7H,1-2H3,(H2,11,13);3-6H,1-2H3,(H2,10,12)(H,13,15);3H,4H2,1-2H3/b13-8?,14-9+;12-6+;;11-6+;. The number of nitrogen functional groups attached to an aromatic ring is 2. The first kappa shape index (κ1) is 59.1. The summed E-state index contributed by atoms with van der Waals surface area (Å²) in [6.07, 6.45) is 8.23. The summed E-state index contributed by atoms with van der Waals surface area (Å²) >= 11 is 0. The number of hydrazone groups is 3. The highest BCUT2D eigenvalue weighted by molar-refractivity contribution is 5.94. The second kappa shape index (κ2) is 32.7. The largest absolute Gasteiger partial charge is 0.384 e. The van der Waals surface area contributed by atoms with Gasteiger partial charge in [-0.3, -0.25) is 19.2 Å². The van der Waals surface area contributed by atoms with Gasteiger partial charge in [-0.05, 0) is 68.4 Å². The van der Waals surface area contributed by atoms with Gasteiger partial charge in [0.05, 0.1) is 6.34 Å². The molecule has 376 valence electrons. The molecule has 0 unspecified atom stereocenters. The highest BCUT2D eigenvalue weighted by Crippen LogP contribution is 2.18. The molecule has 0 bridgehead atoms. The molecular formula is C44H66N22O4. The Kier molecular flexibility index (Phi) is 27.6. The van der Waals surface area contributed by atoms with Crippen LogP contribution in [-0.4, -0.2) is 166 Å². The van der Waals surface area contributed by atoms with Gasteiger partial charge in [0, 0.05) is 62.4 Å². The number of aliphatic imine (C=N–C) groups is 1. The fraction of sp³-hybridized carbons (Fsp3) is 0.318. The zero-order valence-corrected chi connectivity index (χ0v) is 41.6. The van der Waals surface area contributed by atoms with Crippen LogP contribution in [0.25, 0.3) is 11.5 Å². The lowest BCUT2D eigenvalue weighted by Crippen LogP contribution is -2.21. The first-order chi connectivity index (χ1) is 33.1. The van der Waals surface area contributed by atoms with E-state index in [4.69, 9.17) is 17.2 Å². The number of nitrogens with one attached hydrogen (secondary N) is 4. The number of pyridine rings is 4. The average molecular weight is 967 g/mol. The molecule has 5 heterocycles. The molecule has 10 N–H and O–H groups in total. The quantitative estimate of drug-likeness (QED) is 0.0342. The molecule has 26 nitrogen and oxygen atoms in total. The van der Waals surface area contributed by atoms with E-state index in [9.17, 15) is 19.2 Å². The molecule has 5 aromatic heterocycles. The summed E-state index contributed by atoms with van der Waals surface area (Å²) in [6.45, 7) is 8.03. The van der Waals surface area contributed by atoms with Crippen molar-refractivity contribution in [3.8, 4) is 11.5 Å². The van der Waals surface area contributed by atoms with E-state index in [0.29, 0.717) is 41.8 Å². The topological polar surface area (TPSA) is 339 Å². The fourth-order valence-corrected chi connectivity index (χ4v) is 4.24. The van der Waals surface area contributed by atoms with Crippen molar-refractivity contribution in [1.82, 2.24) is 70.6 Å². The van der Waals surface area contributed by atoms with Gasteiger partial charge in [-0.25, -0.2) is 41.2 Å². The monoisotopic (exact) mass is 967 g/mol. The molecule has 0 aliphatic rings. The van der Waals surface area contributed by atoms with Gasteiger partial charge in [0.15, 0.2) is 11.6 Å². The van der Waals surface area contributed by atoms with E-state index in [1.165, 1.54) is 25.1 Å². The maximum absolute atomic E-state index is 11.7. The van der Waals surface area contributed by atoms with Crippen molar-refractivity contribution >= 4 is 72.8 Å². The Morgan fingerprint density at radius 2 is 1.03 bits per heavy atom. The highest BCUT2D eigenvalue weighted by atomic mass is 16.2. The zero-order chi connectivity index (χ0) is 52.6. The van der Waals surface area contributed by atoms with Crippen LogP contribution in [0, 0.1) is 0 Å². The van der Waals surface area contributed by atoms with Crippen LogP contribution in [0.15, 0.2) is 99.4 Å². The molecule has 0 aliphatic heterocycles. The van der Waals surface area contributed by atoms with Crippen molar-refractivity contribution in [2.24, 2.45) is 26.0 Å². The highest BCUT2D eigenvalue weighted by Gasteiger charge is 2.11. The van der Waals surface area contributed by atoms with Crippen LogP contribution < -0.4 is 38.8 Å².